The van der Waals surface area contributed by atoms with Gasteiger partial charge in [0.1, 0.15) is 12.3 Å². The third-order valence-corrected chi connectivity index (χ3v) is 2.69. The predicted octanol–water partition coefficient (Wildman–Crippen LogP) is 3.22. The molecule has 0 saturated heterocycles. The number of ketones is 1. The van der Waals surface area contributed by atoms with Gasteiger partial charge in [-0.25, -0.2) is 0 Å². The molecule has 0 unspecified atom stereocenters. The highest BCUT2D eigenvalue weighted by Gasteiger charge is 2.11. The molecule has 1 heterocycles. The SMILES string of the molecule is CCCOCC(=O)c1ncc(Br)cc1Br. The van der Waals surface area contributed by atoms with Crippen molar-refractivity contribution in [1.29, 1.82) is 0 Å². The maximum absolute atomic E-state index is 11.6. The third-order valence-electron chi connectivity index (χ3n) is 1.65. The first kappa shape index (κ1) is 12.8. The van der Waals surface area contributed by atoms with Crippen molar-refractivity contribution in [3.8, 4) is 0 Å². The summed E-state index contributed by atoms with van der Waals surface area (Å²) in [5.41, 5.74) is 0.411. The number of rotatable bonds is 5. The lowest BCUT2D eigenvalue weighted by molar-refractivity contribution is 0.0755. The van der Waals surface area contributed by atoms with Gasteiger partial charge in [-0.1, -0.05) is 6.92 Å². The Hall–Kier alpha value is -0.260. The second-order valence-electron chi connectivity index (χ2n) is 2.96. The zero-order valence-corrected chi connectivity index (χ0v) is 11.5. The molecule has 0 saturated carbocycles. The Labute approximate surface area is 105 Å². The first-order chi connectivity index (χ1) is 7.15. The minimum absolute atomic E-state index is 0.0844. The molecule has 3 nitrogen and oxygen atoms in total. The highest BCUT2D eigenvalue weighted by atomic mass is 79.9. The zero-order chi connectivity index (χ0) is 11.3. The average molecular weight is 337 g/mol. The van der Waals surface area contributed by atoms with Crippen LogP contribution in [0.4, 0.5) is 0 Å². The molecule has 0 aliphatic rings. The quantitative estimate of drug-likeness (QED) is 0.612. The van der Waals surface area contributed by atoms with E-state index in [-0.39, 0.29) is 12.4 Å². The van der Waals surface area contributed by atoms with Gasteiger partial charge in [0.15, 0.2) is 0 Å². The van der Waals surface area contributed by atoms with Gasteiger partial charge in [-0.3, -0.25) is 9.78 Å². The maximum atomic E-state index is 11.6. The lowest BCUT2D eigenvalue weighted by atomic mass is 10.2. The van der Waals surface area contributed by atoms with Crippen molar-refractivity contribution in [2.24, 2.45) is 0 Å². The second kappa shape index (κ2) is 6.35. The summed E-state index contributed by atoms with van der Waals surface area (Å²) in [6.45, 7) is 2.68. The van der Waals surface area contributed by atoms with Gasteiger partial charge in [0.2, 0.25) is 5.78 Å². The molecule has 0 radical (unpaired) electrons. The van der Waals surface area contributed by atoms with Gasteiger partial charge in [-0.15, -0.1) is 0 Å². The van der Waals surface area contributed by atoms with E-state index in [2.05, 4.69) is 36.8 Å². The lowest BCUT2D eigenvalue weighted by Gasteiger charge is -2.03. The molecular weight excluding hydrogens is 326 g/mol. The highest BCUT2D eigenvalue weighted by Crippen LogP contribution is 2.19. The number of nitrogens with zero attached hydrogens (tertiary/aromatic N) is 1. The molecular formula is C10H11Br2NO2. The van der Waals surface area contributed by atoms with Crippen molar-refractivity contribution in [1.82, 2.24) is 4.98 Å². The fourth-order valence-corrected chi connectivity index (χ4v) is 2.21. The van der Waals surface area contributed by atoms with Gasteiger partial charge in [-0.05, 0) is 44.3 Å². The number of Topliss-reactive ketones (excluding diaryl/α,β-unsaturated/α-hetero) is 1. The standard InChI is InChI=1S/C10H11Br2NO2/c1-2-3-15-6-9(14)10-8(12)4-7(11)5-13-10/h4-5H,2-3,6H2,1H3. The topological polar surface area (TPSA) is 39.2 Å². The van der Waals surface area contributed by atoms with Crippen LogP contribution in [-0.4, -0.2) is 24.0 Å². The number of ether oxygens (including phenoxy) is 1. The van der Waals surface area contributed by atoms with Crippen molar-refractivity contribution < 1.29 is 9.53 Å². The van der Waals surface area contributed by atoms with Crippen LogP contribution in [0.5, 0.6) is 0 Å². The molecule has 1 rings (SSSR count). The Balaban J connectivity index is 2.65. The van der Waals surface area contributed by atoms with Crippen LogP contribution in [0.15, 0.2) is 21.2 Å². The summed E-state index contributed by atoms with van der Waals surface area (Å²) in [5, 5.41) is 0. The monoisotopic (exact) mass is 335 g/mol. The van der Waals surface area contributed by atoms with Crippen LogP contribution in [0, 0.1) is 0 Å². The molecule has 0 spiro atoms. The second-order valence-corrected chi connectivity index (χ2v) is 4.73. The van der Waals surface area contributed by atoms with E-state index in [9.17, 15) is 4.79 Å². The fraction of sp³-hybridized carbons (Fsp3) is 0.400. The van der Waals surface area contributed by atoms with Crippen molar-refractivity contribution in [2.45, 2.75) is 13.3 Å². The number of hydrogen-bond acceptors (Lipinski definition) is 3. The Morgan fingerprint density at radius 3 is 2.87 bits per heavy atom. The van der Waals surface area contributed by atoms with Crippen LogP contribution in [0.25, 0.3) is 0 Å². The predicted molar refractivity (Wildman–Crippen MR) is 65.1 cm³/mol. The number of aromatic nitrogens is 1. The minimum Gasteiger partial charge on any atom is -0.373 e. The Morgan fingerprint density at radius 2 is 2.27 bits per heavy atom. The van der Waals surface area contributed by atoms with Crippen LogP contribution in [0.1, 0.15) is 23.8 Å². The Bertz CT molecular complexity index is 355. The van der Waals surface area contributed by atoms with E-state index in [1.54, 1.807) is 12.3 Å². The van der Waals surface area contributed by atoms with E-state index in [0.29, 0.717) is 16.8 Å². The molecule has 1 aromatic heterocycles. The average Bonchev–Trinajstić information content (AvgIpc) is 2.17. The summed E-state index contributed by atoms with van der Waals surface area (Å²) >= 11 is 6.56. The van der Waals surface area contributed by atoms with Crippen molar-refractivity contribution in [3.63, 3.8) is 0 Å². The van der Waals surface area contributed by atoms with E-state index < -0.39 is 0 Å². The number of carbonyl (C=O) groups is 1. The molecule has 0 fully saturated rings. The molecule has 0 aromatic carbocycles. The van der Waals surface area contributed by atoms with E-state index in [1.807, 2.05) is 6.92 Å². The molecule has 0 bridgehead atoms. The molecule has 0 aliphatic heterocycles. The number of carbonyl (C=O) groups excluding carboxylic acids is 1. The summed E-state index contributed by atoms with van der Waals surface area (Å²) in [5.74, 6) is -0.108. The van der Waals surface area contributed by atoms with E-state index in [4.69, 9.17) is 4.74 Å². The normalized spacial score (nSPS) is 10.3. The van der Waals surface area contributed by atoms with E-state index in [1.165, 1.54) is 0 Å². The molecule has 1 aromatic rings. The summed E-state index contributed by atoms with van der Waals surface area (Å²) in [6.07, 6.45) is 2.50. The van der Waals surface area contributed by atoms with Crippen LogP contribution < -0.4 is 0 Å². The number of hydrogen-bond donors (Lipinski definition) is 0. The first-order valence-electron chi connectivity index (χ1n) is 4.57. The van der Waals surface area contributed by atoms with Crippen molar-refractivity contribution in [3.05, 3.63) is 26.9 Å². The van der Waals surface area contributed by atoms with Gasteiger partial charge in [0.05, 0.1) is 0 Å². The summed E-state index contributed by atoms with van der Waals surface area (Å²) in [4.78, 5) is 15.7. The zero-order valence-electron chi connectivity index (χ0n) is 8.30. The number of halogens is 2. The first-order valence-corrected chi connectivity index (χ1v) is 6.15. The van der Waals surface area contributed by atoms with Crippen LogP contribution in [-0.2, 0) is 4.74 Å². The van der Waals surface area contributed by atoms with E-state index in [0.717, 1.165) is 10.9 Å². The molecule has 0 atom stereocenters. The lowest BCUT2D eigenvalue weighted by Crippen LogP contribution is -2.12. The summed E-state index contributed by atoms with van der Waals surface area (Å²) in [6, 6.07) is 1.79. The molecule has 5 heteroatoms. The fourth-order valence-electron chi connectivity index (χ4n) is 0.997. The van der Waals surface area contributed by atoms with Crippen LogP contribution >= 0.6 is 31.9 Å². The Morgan fingerprint density at radius 1 is 1.53 bits per heavy atom. The van der Waals surface area contributed by atoms with Gasteiger partial charge in [0.25, 0.3) is 0 Å². The van der Waals surface area contributed by atoms with Gasteiger partial charge in [0, 0.05) is 21.7 Å². The molecule has 15 heavy (non-hydrogen) atoms. The van der Waals surface area contributed by atoms with Crippen molar-refractivity contribution in [2.75, 3.05) is 13.2 Å². The summed E-state index contributed by atoms with van der Waals surface area (Å²) < 4.78 is 6.68. The van der Waals surface area contributed by atoms with Gasteiger partial charge < -0.3 is 4.74 Å². The summed E-state index contributed by atoms with van der Waals surface area (Å²) in [7, 11) is 0. The minimum atomic E-state index is -0.108. The van der Waals surface area contributed by atoms with E-state index >= 15 is 0 Å². The molecule has 0 N–H and O–H groups in total. The maximum Gasteiger partial charge on any atom is 0.207 e. The van der Waals surface area contributed by atoms with Gasteiger partial charge in [-0.2, -0.15) is 0 Å². The number of pyridine rings is 1. The molecule has 0 amide bonds. The third kappa shape index (κ3) is 4.01. The Kier molecular flexibility index (Phi) is 5.42. The highest BCUT2D eigenvalue weighted by molar-refractivity contribution is 9.11. The van der Waals surface area contributed by atoms with Crippen LogP contribution in [0.2, 0.25) is 0 Å². The van der Waals surface area contributed by atoms with Crippen LogP contribution in [0.3, 0.4) is 0 Å². The largest absolute Gasteiger partial charge is 0.373 e. The molecule has 82 valence electrons. The van der Waals surface area contributed by atoms with Gasteiger partial charge >= 0.3 is 0 Å². The van der Waals surface area contributed by atoms with Crippen molar-refractivity contribution >= 4 is 37.6 Å². The smallest absolute Gasteiger partial charge is 0.207 e. The molecule has 0 aliphatic carbocycles.